The first-order chi connectivity index (χ1) is 21.5. The predicted molar refractivity (Wildman–Crippen MR) is 159 cm³/mol. The van der Waals surface area contributed by atoms with Gasteiger partial charge in [-0.1, -0.05) is 22.4 Å². The molecule has 4 aromatic heterocycles. The van der Waals surface area contributed by atoms with Crippen molar-refractivity contribution in [1.82, 2.24) is 19.4 Å². The molecule has 6 rings (SSSR count). The lowest BCUT2D eigenvalue weighted by molar-refractivity contribution is -0.274. The summed E-state index contributed by atoms with van der Waals surface area (Å²) < 4.78 is 55.6. The number of aromatic nitrogens is 4. The standard InChI is InChI=1S/C33H25F3N4O5/c1-19-31(21(3)44-37-19)23-7-13-30(42)40(17-23)26-6-4-5-22(15-26)16-28-32(20(2)38-45-28)24-8-14-29(41)39(18-24)25-9-11-27(12-10-25)43-33(34,35)36/h4-15,17-18H,16H2,1-3H3. The Morgan fingerprint density at radius 2 is 1.33 bits per heavy atom. The molecule has 2 aromatic carbocycles. The molecule has 0 saturated heterocycles. The molecule has 0 bridgehead atoms. The zero-order valence-electron chi connectivity index (χ0n) is 24.3. The highest BCUT2D eigenvalue weighted by molar-refractivity contribution is 5.69. The van der Waals surface area contributed by atoms with Gasteiger partial charge in [0.15, 0.2) is 0 Å². The lowest BCUT2D eigenvalue weighted by Gasteiger charge is -2.12. The Morgan fingerprint density at radius 3 is 1.96 bits per heavy atom. The minimum atomic E-state index is -4.82. The number of benzene rings is 2. The van der Waals surface area contributed by atoms with Crippen molar-refractivity contribution in [1.29, 1.82) is 0 Å². The van der Waals surface area contributed by atoms with E-state index in [9.17, 15) is 22.8 Å². The summed E-state index contributed by atoms with van der Waals surface area (Å²) >= 11 is 0. The van der Waals surface area contributed by atoms with Crippen LogP contribution in [0.15, 0.2) is 104 Å². The molecule has 0 unspecified atom stereocenters. The third kappa shape index (κ3) is 6.07. The maximum atomic E-state index is 12.9. The summed E-state index contributed by atoms with van der Waals surface area (Å²) in [5.41, 5.74) is 5.47. The van der Waals surface area contributed by atoms with E-state index in [-0.39, 0.29) is 11.1 Å². The molecular formula is C33H25F3N4O5. The monoisotopic (exact) mass is 614 g/mol. The molecule has 0 amide bonds. The highest BCUT2D eigenvalue weighted by atomic mass is 19.4. The van der Waals surface area contributed by atoms with Gasteiger partial charge < -0.3 is 13.8 Å². The molecule has 9 nitrogen and oxygen atoms in total. The number of alkyl halides is 3. The van der Waals surface area contributed by atoms with Crippen LogP contribution in [0.1, 0.15) is 28.5 Å². The fourth-order valence-electron chi connectivity index (χ4n) is 5.29. The number of nitrogens with zero attached hydrogens (tertiary/aromatic N) is 4. The maximum Gasteiger partial charge on any atom is 0.573 e. The Morgan fingerprint density at radius 1 is 0.733 bits per heavy atom. The van der Waals surface area contributed by atoms with Gasteiger partial charge in [0.2, 0.25) is 0 Å². The number of ether oxygens (including phenoxy) is 1. The lowest BCUT2D eigenvalue weighted by atomic mass is 10.0. The number of aryl methyl sites for hydroxylation is 3. The van der Waals surface area contributed by atoms with Crippen LogP contribution in [0.25, 0.3) is 33.6 Å². The third-order valence-corrected chi connectivity index (χ3v) is 7.27. The molecule has 0 fully saturated rings. The second-order valence-electron chi connectivity index (χ2n) is 10.4. The van der Waals surface area contributed by atoms with Crippen molar-refractivity contribution in [2.75, 3.05) is 0 Å². The van der Waals surface area contributed by atoms with Gasteiger partial charge in [-0.05, 0) is 74.9 Å². The first-order valence-corrected chi connectivity index (χ1v) is 13.8. The van der Waals surface area contributed by atoms with E-state index in [4.69, 9.17) is 9.05 Å². The number of halogens is 3. The Kier molecular flexibility index (Phi) is 7.49. The van der Waals surface area contributed by atoms with Crippen molar-refractivity contribution in [2.45, 2.75) is 33.6 Å². The average molecular weight is 615 g/mol. The van der Waals surface area contributed by atoms with E-state index in [0.717, 1.165) is 34.5 Å². The molecule has 228 valence electrons. The minimum Gasteiger partial charge on any atom is -0.406 e. The van der Waals surface area contributed by atoms with Crippen LogP contribution in [0, 0.1) is 20.8 Å². The third-order valence-electron chi connectivity index (χ3n) is 7.27. The zero-order chi connectivity index (χ0) is 31.9. The Labute approximate surface area is 253 Å². The molecular weight excluding hydrogens is 589 g/mol. The molecule has 0 atom stereocenters. The molecule has 6 aromatic rings. The highest BCUT2D eigenvalue weighted by Crippen LogP contribution is 2.31. The van der Waals surface area contributed by atoms with Gasteiger partial charge in [-0.15, -0.1) is 13.2 Å². The second kappa shape index (κ2) is 11.5. The molecule has 0 aliphatic heterocycles. The molecule has 0 aliphatic carbocycles. The summed E-state index contributed by atoms with van der Waals surface area (Å²) in [5, 5.41) is 8.17. The maximum absolute atomic E-state index is 12.9. The summed E-state index contributed by atoms with van der Waals surface area (Å²) in [6.45, 7) is 5.43. The van der Waals surface area contributed by atoms with Crippen molar-refractivity contribution >= 4 is 0 Å². The van der Waals surface area contributed by atoms with Crippen LogP contribution in [0.4, 0.5) is 13.2 Å². The molecule has 12 heteroatoms. The lowest BCUT2D eigenvalue weighted by Crippen LogP contribution is -2.18. The molecule has 45 heavy (non-hydrogen) atoms. The van der Waals surface area contributed by atoms with Gasteiger partial charge in [0, 0.05) is 64.6 Å². The normalized spacial score (nSPS) is 11.6. The zero-order valence-corrected chi connectivity index (χ0v) is 24.3. The molecule has 0 saturated carbocycles. The molecule has 0 aliphatic rings. The van der Waals surface area contributed by atoms with Crippen LogP contribution in [0.3, 0.4) is 0 Å². The quantitative estimate of drug-likeness (QED) is 0.197. The minimum absolute atomic E-state index is 0.209. The van der Waals surface area contributed by atoms with Crippen molar-refractivity contribution < 1.29 is 27.0 Å². The fraction of sp³-hybridized carbons (Fsp3) is 0.152. The van der Waals surface area contributed by atoms with Crippen molar-refractivity contribution in [3.63, 3.8) is 0 Å². The number of hydrogen-bond donors (Lipinski definition) is 0. The van der Waals surface area contributed by atoms with Gasteiger partial charge in [0.05, 0.1) is 11.4 Å². The van der Waals surface area contributed by atoms with E-state index in [1.54, 1.807) is 36.0 Å². The van der Waals surface area contributed by atoms with Crippen LogP contribution in [-0.2, 0) is 6.42 Å². The van der Waals surface area contributed by atoms with Crippen LogP contribution >= 0.6 is 0 Å². The summed E-state index contributed by atoms with van der Waals surface area (Å²) in [6.07, 6.45) is -1.16. The Bertz CT molecular complexity index is 2120. The SMILES string of the molecule is Cc1noc(C)c1-c1ccc(=O)n(-c2cccc(Cc3onc(C)c3-c3ccc(=O)n(-c4ccc(OC(F)(F)F)cc4)c3)c2)c1. The van der Waals surface area contributed by atoms with E-state index in [2.05, 4.69) is 15.1 Å². The van der Waals surface area contributed by atoms with Crippen molar-refractivity contribution in [3.05, 3.63) is 134 Å². The first kappa shape index (κ1) is 29.4. The van der Waals surface area contributed by atoms with Gasteiger partial charge in [-0.2, -0.15) is 0 Å². The number of pyridine rings is 2. The van der Waals surface area contributed by atoms with Crippen LogP contribution in [0.2, 0.25) is 0 Å². The second-order valence-corrected chi connectivity index (χ2v) is 10.4. The van der Waals surface area contributed by atoms with Crippen LogP contribution in [0.5, 0.6) is 5.75 Å². The molecule has 4 heterocycles. The van der Waals surface area contributed by atoms with E-state index >= 15 is 0 Å². The molecule has 0 radical (unpaired) electrons. The van der Waals surface area contributed by atoms with Crippen molar-refractivity contribution in [2.24, 2.45) is 0 Å². The Balaban J connectivity index is 1.32. The van der Waals surface area contributed by atoms with E-state index in [1.165, 1.54) is 28.8 Å². The molecule has 0 N–H and O–H groups in total. The topological polar surface area (TPSA) is 105 Å². The summed E-state index contributed by atoms with van der Waals surface area (Å²) in [4.78, 5) is 25.6. The van der Waals surface area contributed by atoms with Gasteiger partial charge in [-0.3, -0.25) is 18.7 Å². The van der Waals surface area contributed by atoms with E-state index in [1.807, 2.05) is 38.1 Å². The van der Waals surface area contributed by atoms with Gasteiger partial charge in [0.25, 0.3) is 11.1 Å². The van der Waals surface area contributed by atoms with Gasteiger partial charge in [-0.25, -0.2) is 0 Å². The van der Waals surface area contributed by atoms with Gasteiger partial charge >= 0.3 is 6.36 Å². The average Bonchev–Trinajstić information content (AvgIpc) is 3.53. The van der Waals surface area contributed by atoms with Crippen molar-refractivity contribution in [3.8, 4) is 39.4 Å². The first-order valence-electron chi connectivity index (χ1n) is 13.8. The van der Waals surface area contributed by atoms with Crippen LogP contribution < -0.4 is 15.9 Å². The number of hydrogen-bond acceptors (Lipinski definition) is 7. The summed E-state index contributed by atoms with van der Waals surface area (Å²) in [5.74, 6) is 0.784. The fourth-order valence-corrected chi connectivity index (χ4v) is 5.29. The Hall–Kier alpha value is -5.65. The number of rotatable bonds is 7. The summed E-state index contributed by atoms with van der Waals surface area (Å²) in [6, 6.07) is 18.7. The molecule has 0 spiro atoms. The largest absolute Gasteiger partial charge is 0.573 e. The van der Waals surface area contributed by atoms with E-state index < -0.39 is 12.1 Å². The highest BCUT2D eigenvalue weighted by Gasteiger charge is 2.31. The van der Waals surface area contributed by atoms with Crippen LogP contribution in [-0.4, -0.2) is 25.8 Å². The van der Waals surface area contributed by atoms with Gasteiger partial charge in [0.1, 0.15) is 17.3 Å². The summed E-state index contributed by atoms with van der Waals surface area (Å²) in [7, 11) is 0. The smallest absolute Gasteiger partial charge is 0.406 e. The van der Waals surface area contributed by atoms with E-state index in [0.29, 0.717) is 46.1 Å². The predicted octanol–water partition coefficient (Wildman–Crippen LogP) is 6.71.